The Bertz CT molecular complexity index is 256. The van der Waals surface area contributed by atoms with Crippen LogP contribution < -0.4 is 10.6 Å². The van der Waals surface area contributed by atoms with Crippen LogP contribution in [-0.2, 0) is 9.59 Å². The van der Waals surface area contributed by atoms with E-state index in [2.05, 4.69) is 10.6 Å². The number of hydrogen-bond acceptors (Lipinski definition) is 3. The second kappa shape index (κ2) is 8.06. The maximum Gasteiger partial charge on any atom is 0.239 e. The van der Waals surface area contributed by atoms with Crippen molar-refractivity contribution < 1.29 is 9.59 Å². The molecule has 0 radical (unpaired) electrons. The van der Waals surface area contributed by atoms with Gasteiger partial charge in [0.15, 0.2) is 0 Å². The lowest BCUT2D eigenvalue weighted by Crippen LogP contribution is -2.51. The Morgan fingerprint density at radius 2 is 1.76 bits per heavy atom. The van der Waals surface area contributed by atoms with Gasteiger partial charge in [-0.3, -0.25) is 14.9 Å². The molecular weight excluding hydrogens is 218 g/mol. The third kappa shape index (κ3) is 5.68. The van der Waals surface area contributed by atoms with Gasteiger partial charge >= 0.3 is 0 Å². The summed E-state index contributed by atoms with van der Waals surface area (Å²) in [6.07, 6.45) is 0.908. The predicted octanol–water partition coefficient (Wildman–Crippen LogP) is 0.358. The fraction of sp³-hybridized carbons (Fsp3) is 0.833. The summed E-state index contributed by atoms with van der Waals surface area (Å²) in [5.74, 6) is -0.0618. The minimum atomic E-state index is -0.356. The summed E-state index contributed by atoms with van der Waals surface area (Å²) in [6.45, 7) is 8.80. The van der Waals surface area contributed by atoms with Crippen molar-refractivity contribution in [2.24, 2.45) is 0 Å². The Labute approximate surface area is 104 Å². The van der Waals surface area contributed by atoms with E-state index in [9.17, 15) is 9.59 Å². The quantitative estimate of drug-likeness (QED) is 0.678. The first-order chi connectivity index (χ1) is 7.93. The number of likely N-dealkylation sites (N-methyl/N-ethyl adjacent to an activating group) is 1. The Morgan fingerprint density at radius 3 is 2.24 bits per heavy atom. The van der Waals surface area contributed by atoms with Crippen molar-refractivity contribution in [3.63, 3.8) is 0 Å². The molecule has 0 aromatic rings. The molecule has 0 saturated carbocycles. The van der Waals surface area contributed by atoms with Crippen LogP contribution in [0.5, 0.6) is 0 Å². The molecule has 2 N–H and O–H groups in total. The fourth-order valence-corrected chi connectivity index (χ4v) is 1.41. The summed E-state index contributed by atoms with van der Waals surface area (Å²) in [6, 6.07) is -0.701. The van der Waals surface area contributed by atoms with E-state index >= 15 is 0 Å². The number of nitrogens with one attached hydrogen (secondary N) is 2. The number of amides is 2. The first-order valence-corrected chi connectivity index (χ1v) is 6.22. The number of carbonyl (C=O) groups is 2. The number of nitrogens with zero attached hydrogens (tertiary/aromatic N) is 1. The van der Waals surface area contributed by atoms with Gasteiger partial charge in [0.25, 0.3) is 0 Å². The SMILES string of the molecule is CCCNC(=O)C(C)NC(C)C(=O)N(C)CC. The summed E-state index contributed by atoms with van der Waals surface area (Å²) in [7, 11) is 1.75. The largest absolute Gasteiger partial charge is 0.355 e. The summed E-state index contributed by atoms with van der Waals surface area (Å²) in [5.41, 5.74) is 0. The van der Waals surface area contributed by atoms with E-state index in [1.807, 2.05) is 13.8 Å². The molecule has 0 fully saturated rings. The average molecular weight is 243 g/mol. The molecule has 5 heteroatoms. The van der Waals surface area contributed by atoms with Gasteiger partial charge in [0, 0.05) is 20.1 Å². The second-order valence-electron chi connectivity index (χ2n) is 4.25. The molecule has 0 bridgehead atoms. The molecule has 0 spiro atoms. The first-order valence-electron chi connectivity index (χ1n) is 6.22. The third-order valence-corrected chi connectivity index (χ3v) is 2.66. The maximum absolute atomic E-state index is 11.8. The van der Waals surface area contributed by atoms with Gasteiger partial charge in [-0.15, -0.1) is 0 Å². The lowest BCUT2D eigenvalue weighted by molar-refractivity contribution is -0.132. The van der Waals surface area contributed by atoms with Gasteiger partial charge in [-0.05, 0) is 27.2 Å². The van der Waals surface area contributed by atoms with E-state index in [1.165, 1.54) is 0 Å². The zero-order valence-electron chi connectivity index (χ0n) is 11.5. The lowest BCUT2D eigenvalue weighted by atomic mass is 10.2. The molecule has 0 rings (SSSR count). The monoisotopic (exact) mass is 243 g/mol. The summed E-state index contributed by atoms with van der Waals surface area (Å²) < 4.78 is 0. The molecule has 2 atom stereocenters. The van der Waals surface area contributed by atoms with Crippen molar-refractivity contribution in [1.82, 2.24) is 15.5 Å². The topological polar surface area (TPSA) is 61.4 Å². The van der Waals surface area contributed by atoms with Crippen LogP contribution in [0, 0.1) is 0 Å². The smallest absolute Gasteiger partial charge is 0.239 e. The van der Waals surface area contributed by atoms with Crippen molar-refractivity contribution in [3.8, 4) is 0 Å². The molecule has 2 unspecified atom stereocenters. The van der Waals surface area contributed by atoms with Crippen LogP contribution >= 0.6 is 0 Å². The van der Waals surface area contributed by atoms with Gasteiger partial charge in [0.05, 0.1) is 12.1 Å². The van der Waals surface area contributed by atoms with Crippen molar-refractivity contribution in [2.45, 2.75) is 46.2 Å². The van der Waals surface area contributed by atoms with Crippen LogP contribution in [0.3, 0.4) is 0 Å². The zero-order valence-corrected chi connectivity index (χ0v) is 11.5. The van der Waals surface area contributed by atoms with Gasteiger partial charge < -0.3 is 10.2 Å². The van der Waals surface area contributed by atoms with E-state index in [0.717, 1.165) is 6.42 Å². The molecule has 0 saturated heterocycles. The highest BCUT2D eigenvalue weighted by molar-refractivity contribution is 5.84. The fourth-order valence-electron chi connectivity index (χ4n) is 1.41. The molecule has 17 heavy (non-hydrogen) atoms. The van der Waals surface area contributed by atoms with E-state index in [0.29, 0.717) is 13.1 Å². The Kier molecular flexibility index (Phi) is 7.54. The Hall–Kier alpha value is -1.10. The molecule has 0 aromatic carbocycles. The minimum Gasteiger partial charge on any atom is -0.355 e. The summed E-state index contributed by atoms with van der Waals surface area (Å²) in [4.78, 5) is 25.0. The van der Waals surface area contributed by atoms with Crippen LogP contribution in [0.25, 0.3) is 0 Å². The van der Waals surface area contributed by atoms with Crippen LogP contribution in [0.1, 0.15) is 34.1 Å². The van der Waals surface area contributed by atoms with Gasteiger partial charge in [0.1, 0.15) is 0 Å². The number of rotatable bonds is 7. The standard InChI is InChI=1S/C12H25N3O2/c1-6-8-13-11(16)9(3)14-10(4)12(17)15(5)7-2/h9-10,14H,6-8H2,1-5H3,(H,13,16). The normalized spacial score (nSPS) is 13.9. The first kappa shape index (κ1) is 15.9. The van der Waals surface area contributed by atoms with Gasteiger partial charge in [-0.2, -0.15) is 0 Å². The van der Waals surface area contributed by atoms with Crippen LogP contribution in [-0.4, -0.2) is 48.9 Å². The maximum atomic E-state index is 11.8. The summed E-state index contributed by atoms with van der Waals surface area (Å²) in [5, 5.41) is 5.79. The van der Waals surface area contributed by atoms with Crippen molar-refractivity contribution >= 4 is 11.8 Å². The molecule has 2 amide bonds. The molecule has 0 aliphatic rings. The van der Waals surface area contributed by atoms with E-state index in [4.69, 9.17) is 0 Å². The summed E-state index contributed by atoms with van der Waals surface area (Å²) >= 11 is 0. The molecule has 0 aliphatic heterocycles. The molecule has 0 aliphatic carbocycles. The van der Waals surface area contributed by atoms with Gasteiger partial charge in [-0.25, -0.2) is 0 Å². The number of carbonyl (C=O) groups excluding carboxylic acids is 2. The highest BCUT2D eigenvalue weighted by Gasteiger charge is 2.21. The van der Waals surface area contributed by atoms with Gasteiger partial charge in [-0.1, -0.05) is 6.92 Å². The van der Waals surface area contributed by atoms with Crippen molar-refractivity contribution in [1.29, 1.82) is 0 Å². The Balaban J connectivity index is 4.14. The van der Waals surface area contributed by atoms with Crippen LogP contribution in [0.2, 0.25) is 0 Å². The number of hydrogen-bond donors (Lipinski definition) is 2. The van der Waals surface area contributed by atoms with Crippen molar-refractivity contribution in [3.05, 3.63) is 0 Å². The molecule has 5 nitrogen and oxygen atoms in total. The minimum absolute atomic E-state index is 0.00245. The lowest BCUT2D eigenvalue weighted by Gasteiger charge is -2.23. The van der Waals surface area contributed by atoms with Gasteiger partial charge in [0.2, 0.25) is 11.8 Å². The van der Waals surface area contributed by atoms with Crippen LogP contribution in [0.15, 0.2) is 0 Å². The van der Waals surface area contributed by atoms with E-state index < -0.39 is 0 Å². The van der Waals surface area contributed by atoms with E-state index in [-0.39, 0.29) is 23.9 Å². The predicted molar refractivity (Wildman–Crippen MR) is 68.7 cm³/mol. The van der Waals surface area contributed by atoms with Crippen molar-refractivity contribution in [2.75, 3.05) is 20.1 Å². The second-order valence-corrected chi connectivity index (χ2v) is 4.25. The molecule has 0 aromatic heterocycles. The van der Waals surface area contributed by atoms with Crippen LogP contribution in [0.4, 0.5) is 0 Å². The van der Waals surface area contributed by atoms with E-state index in [1.54, 1.807) is 25.8 Å². The Morgan fingerprint density at radius 1 is 1.18 bits per heavy atom. The molecule has 100 valence electrons. The average Bonchev–Trinajstić information content (AvgIpc) is 2.33. The zero-order chi connectivity index (χ0) is 13.4. The highest BCUT2D eigenvalue weighted by Crippen LogP contribution is 1.94. The molecular formula is C12H25N3O2. The molecule has 0 heterocycles. The third-order valence-electron chi connectivity index (χ3n) is 2.66. The highest BCUT2D eigenvalue weighted by atomic mass is 16.2.